The third-order valence-electron chi connectivity index (χ3n) is 11.8. The molecule has 12 atom stereocenters. The number of piperidine rings is 1. The van der Waals surface area contributed by atoms with Gasteiger partial charge in [-0.2, -0.15) is 0 Å². The second-order valence-corrected chi connectivity index (χ2v) is 12.8. The smallest absolute Gasteiger partial charge is 0.122 e. The Morgan fingerprint density at radius 1 is 1.12 bits per heavy atom. The number of ether oxygens (including phenoxy) is 1. The quantitative estimate of drug-likeness (QED) is 0.466. The first-order valence-corrected chi connectivity index (χ1v) is 13.3. The average molecular weight is 446 g/mol. The predicted molar refractivity (Wildman–Crippen MR) is 123 cm³/mol. The zero-order valence-corrected chi connectivity index (χ0v) is 20.1. The van der Waals surface area contributed by atoms with Crippen molar-refractivity contribution in [1.29, 1.82) is 0 Å². The lowest BCUT2D eigenvalue weighted by Crippen LogP contribution is -2.60. The summed E-state index contributed by atoms with van der Waals surface area (Å²) in [5, 5.41) is 35.3. The Balaban J connectivity index is 1.29. The number of aliphatic hydroxyl groups excluding tert-OH is 3. The molecule has 1 spiro atoms. The maximum Gasteiger partial charge on any atom is 0.122 e. The molecule has 6 rings (SSSR count). The molecule has 0 aromatic heterocycles. The average Bonchev–Trinajstić information content (AvgIpc) is 3.22. The first-order valence-electron chi connectivity index (χ1n) is 13.3. The van der Waals surface area contributed by atoms with Crippen molar-refractivity contribution in [2.24, 2.45) is 46.3 Å². The van der Waals surface area contributed by atoms with Crippen LogP contribution in [0.4, 0.5) is 0 Å². The molecule has 2 saturated heterocycles. The molecule has 4 N–H and O–H groups in total. The zero-order valence-electron chi connectivity index (χ0n) is 20.1. The summed E-state index contributed by atoms with van der Waals surface area (Å²) in [5.41, 5.74) is 1.22. The van der Waals surface area contributed by atoms with Crippen LogP contribution < -0.4 is 5.32 Å². The van der Waals surface area contributed by atoms with E-state index in [2.05, 4.69) is 32.2 Å². The molecule has 0 unspecified atom stereocenters. The lowest BCUT2D eigenvalue weighted by Gasteiger charge is -2.60. The van der Waals surface area contributed by atoms with Crippen LogP contribution in [0.2, 0.25) is 0 Å². The van der Waals surface area contributed by atoms with Crippen LogP contribution in [-0.2, 0) is 4.74 Å². The Kier molecular flexibility index (Phi) is 5.01. The van der Waals surface area contributed by atoms with Crippen molar-refractivity contribution >= 4 is 0 Å². The highest BCUT2D eigenvalue weighted by Gasteiger charge is 2.70. The summed E-state index contributed by atoms with van der Waals surface area (Å²) < 4.78 is 6.90. The van der Waals surface area contributed by atoms with Gasteiger partial charge in [0.25, 0.3) is 0 Å². The van der Waals surface area contributed by atoms with Gasteiger partial charge in [0.05, 0.1) is 18.3 Å². The second kappa shape index (κ2) is 7.27. The van der Waals surface area contributed by atoms with Gasteiger partial charge in [-0.3, -0.25) is 5.32 Å². The Bertz CT molecular complexity index is 791. The molecule has 0 aromatic carbocycles. The number of aliphatic hydroxyl groups is 3. The minimum absolute atomic E-state index is 0.0971. The van der Waals surface area contributed by atoms with E-state index in [0.29, 0.717) is 35.5 Å². The number of hydrogen-bond acceptors (Lipinski definition) is 5. The molecule has 180 valence electrons. The monoisotopic (exact) mass is 445 g/mol. The topological polar surface area (TPSA) is 82.0 Å². The van der Waals surface area contributed by atoms with E-state index in [9.17, 15) is 15.3 Å². The molecule has 0 radical (unpaired) electrons. The molecule has 2 aliphatic heterocycles. The number of fused-ring (bicyclic) bond motifs is 7. The fourth-order valence-corrected chi connectivity index (χ4v) is 9.87. The molecule has 5 nitrogen and oxygen atoms in total. The van der Waals surface area contributed by atoms with Crippen LogP contribution in [0.1, 0.15) is 72.1 Å². The Hall–Kier alpha value is -0.460. The number of allylic oxidation sites excluding steroid dienone is 1. The van der Waals surface area contributed by atoms with Crippen LogP contribution in [0.5, 0.6) is 0 Å². The van der Waals surface area contributed by atoms with Gasteiger partial charge >= 0.3 is 0 Å². The maximum absolute atomic E-state index is 11.8. The van der Waals surface area contributed by atoms with E-state index >= 15 is 0 Å². The molecule has 0 bridgehead atoms. The Labute approximate surface area is 193 Å². The van der Waals surface area contributed by atoms with Crippen molar-refractivity contribution < 1.29 is 20.1 Å². The van der Waals surface area contributed by atoms with E-state index < -0.39 is 0 Å². The third-order valence-corrected chi connectivity index (χ3v) is 11.8. The largest absolute Gasteiger partial charge is 0.396 e. The molecule has 5 fully saturated rings. The van der Waals surface area contributed by atoms with Gasteiger partial charge in [0.15, 0.2) is 0 Å². The molecule has 0 amide bonds. The van der Waals surface area contributed by atoms with Crippen molar-refractivity contribution in [1.82, 2.24) is 5.32 Å². The van der Waals surface area contributed by atoms with Gasteiger partial charge in [0.1, 0.15) is 5.72 Å². The van der Waals surface area contributed by atoms with Gasteiger partial charge in [0, 0.05) is 24.5 Å². The van der Waals surface area contributed by atoms with Gasteiger partial charge in [0.2, 0.25) is 0 Å². The van der Waals surface area contributed by atoms with Crippen LogP contribution >= 0.6 is 0 Å². The second-order valence-electron chi connectivity index (χ2n) is 12.8. The van der Waals surface area contributed by atoms with Crippen molar-refractivity contribution in [2.75, 3.05) is 13.2 Å². The molecule has 32 heavy (non-hydrogen) atoms. The van der Waals surface area contributed by atoms with Gasteiger partial charge < -0.3 is 20.1 Å². The summed E-state index contributed by atoms with van der Waals surface area (Å²) in [6, 6.07) is 0. The summed E-state index contributed by atoms with van der Waals surface area (Å²) in [6.07, 6.45) is 10.0. The summed E-state index contributed by atoms with van der Waals surface area (Å²) in [5.74, 6) is 2.71. The van der Waals surface area contributed by atoms with Gasteiger partial charge in [-0.05, 0) is 86.4 Å². The van der Waals surface area contributed by atoms with Crippen LogP contribution in [-0.4, -0.2) is 52.5 Å². The molecule has 0 aromatic rings. The van der Waals surface area contributed by atoms with Gasteiger partial charge in [-0.15, -0.1) is 0 Å². The highest BCUT2D eigenvalue weighted by Crippen LogP contribution is 2.70. The molecular formula is C27H43NO4. The molecule has 5 heteroatoms. The van der Waals surface area contributed by atoms with E-state index in [-0.39, 0.29) is 41.5 Å². The SMILES string of the molecule is C[C@H]1[C@H]2[C@H](C[C@@H]3[C@@H]4CC=C5C[C@@H](O)CC[C@]5(C)[C@H]4C[C@@H](O)[C@]23C)O[C@]12CC[C@@H](CO)CN2. The number of rotatable bonds is 1. The van der Waals surface area contributed by atoms with Crippen molar-refractivity contribution in [3.05, 3.63) is 11.6 Å². The summed E-state index contributed by atoms with van der Waals surface area (Å²) in [4.78, 5) is 0. The van der Waals surface area contributed by atoms with E-state index in [1.807, 2.05) is 0 Å². The maximum atomic E-state index is 11.8. The van der Waals surface area contributed by atoms with Gasteiger partial charge in [-0.25, -0.2) is 0 Å². The predicted octanol–water partition coefficient (Wildman–Crippen LogP) is 3.23. The molecule has 3 saturated carbocycles. The normalized spacial score (nSPS) is 59.2. The van der Waals surface area contributed by atoms with Crippen LogP contribution in [0.3, 0.4) is 0 Å². The first kappa shape index (κ1) is 22.0. The Morgan fingerprint density at radius 2 is 1.94 bits per heavy atom. The first-order chi connectivity index (χ1) is 15.2. The minimum atomic E-state index is -0.290. The van der Waals surface area contributed by atoms with Crippen molar-refractivity contribution in [3.8, 4) is 0 Å². The van der Waals surface area contributed by atoms with Crippen LogP contribution in [0.25, 0.3) is 0 Å². The summed E-state index contributed by atoms with van der Waals surface area (Å²) in [6.45, 7) is 8.23. The van der Waals surface area contributed by atoms with Gasteiger partial charge in [-0.1, -0.05) is 32.4 Å². The van der Waals surface area contributed by atoms with E-state index in [1.54, 1.807) is 0 Å². The van der Waals surface area contributed by atoms with Crippen LogP contribution in [0.15, 0.2) is 11.6 Å². The number of hydrogen-bond donors (Lipinski definition) is 4. The fraction of sp³-hybridized carbons (Fsp3) is 0.926. The summed E-state index contributed by atoms with van der Waals surface area (Å²) >= 11 is 0. The molecule has 6 aliphatic rings. The summed E-state index contributed by atoms with van der Waals surface area (Å²) in [7, 11) is 0. The highest BCUT2D eigenvalue weighted by atomic mass is 16.5. The van der Waals surface area contributed by atoms with Crippen LogP contribution in [0, 0.1) is 46.3 Å². The molecule has 4 aliphatic carbocycles. The zero-order chi connectivity index (χ0) is 22.5. The fourth-order valence-electron chi connectivity index (χ4n) is 9.87. The Morgan fingerprint density at radius 3 is 2.66 bits per heavy atom. The molecule has 2 heterocycles. The van der Waals surface area contributed by atoms with E-state index in [4.69, 9.17) is 4.74 Å². The lowest BCUT2D eigenvalue weighted by molar-refractivity contribution is -0.147. The number of nitrogens with one attached hydrogen (secondary N) is 1. The lowest BCUT2D eigenvalue weighted by atomic mass is 9.46. The van der Waals surface area contributed by atoms with E-state index in [1.165, 1.54) is 5.57 Å². The third kappa shape index (κ3) is 2.75. The molecular weight excluding hydrogens is 402 g/mol. The standard InChI is InChI=1S/C27H43NO4/c1-15-24-22(32-27(15)9-6-16(14-29)13-28-27)11-21-19-5-4-17-10-18(30)7-8-25(17,2)20(19)12-23(31)26(21,24)3/h4,15-16,18-24,28-31H,5-14H2,1-3H3/t15-,16+,18-,19+,20-,21+,22-,23+,24-,25-,26+,27+/m0/s1. The van der Waals surface area contributed by atoms with E-state index in [0.717, 1.165) is 57.9 Å². The van der Waals surface area contributed by atoms with Crippen molar-refractivity contribution in [3.63, 3.8) is 0 Å². The van der Waals surface area contributed by atoms with Crippen molar-refractivity contribution in [2.45, 2.75) is 96.2 Å². The minimum Gasteiger partial charge on any atom is -0.396 e. The highest BCUT2D eigenvalue weighted by molar-refractivity contribution is 5.27.